The van der Waals surface area contributed by atoms with Gasteiger partial charge in [-0.05, 0) is 24.6 Å². The van der Waals surface area contributed by atoms with Crippen LogP contribution in [0.15, 0.2) is 12.1 Å². The predicted molar refractivity (Wildman–Crippen MR) is 63.4 cm³/mol. The summed E-state index contributed by atoms with van der Waals surface area (Å²) in [6, 6.07) is 4.95. The van der Waals surface area contributed by atoms with Crippen molar-refractivity contribution in [2.24, 2.45) is 0 Å². The van der Waals surface area contributed by atoms with Gasteiger partial charge in [-0.2, -0.15) is 5.26 Å². The minimum Gasteiger partial charge on any atom is -0.496 e. The van der Waals surface area contributed by atoms with Crippen LogP contribution < -0.4 is 4.74 Å². The highest BCUT2D eigenvalue weighted by Crippen LogP contribution is 2.23. The van der Waals surface area contributed by atoms with Crippen LogP contribution in [0.2, 0.25) is 0 Å². The summed E-state index contributed by atoms with van der Waals surface area (Å²) in [7, 11) is 1.40. The monoisotopic (exact) mass is 247 g/mol. The van der Waals surface area contributed by atoms with Crippen LogP contribution in [0.4, 0.5) is 0 Å². The van der Waals surface area contributed by atoms with Crippen LogP contribution in [-0.4, -0.2) is 26.0 Å². The van der Waals surface area contributed by atoms with E-state index in [4.69, 9.17) is 14.7 Å². The zero-order valence-electron chi connectivity index (χ0n) is 10.2. The van der Waals surface area contributed by atoms with Crippen LogP contribution in [0.5, 0.6) is 5.75 Å². The highest BCUT2D eigenvalue weighted by atomic mass is 16.5. The van der Waals surface area contributed by atoms with Gasteiger partial charge >= 0.3 is 5.97 Å². The van der Waals surface area contributed by atoms with E-state index in [1.54, 1.807) is 13.0 Å². The summed E-state index contributed by atoms with van der Waals surface area (Å²) in [6.07, 6.45) is 0.601. The van der Waals surface area contributed by atoms with Gasteiger partial charge in [0.1, 0.15) is 11.8 Å². The number of nitrogens with zero attached hydrogens (tertiary/aromatic N) is 1. The van der Waals surface area contributed by atoms with Crippen molar-refractivity contribution < 1.29 is 19.1 Å². The third kappa shape index (κ3) is 3.08. The van der Waals surface area contributed by atoms with E-state index < -0.39 is 0 Å². The molecule has 0 aromatic heterocycles. The smallest absolute Gasteiger partial charge is 0.310 e. The Bertz CT molecular complexity index is 502. The van der Waals surface area contributed by atoms with Crippen LogP contribution >= 0.6 is 0 Å². The normalized spacial score (nSPS) is 9.39. The third-order valence-corrected chi connectivity index (χ3v) is 2.31. The maximum Gasteiger partial charge on any atom is 0.310 e. The molecule has 0 aliphatic heterocycles. The molecule has 0 amide bonds. The fourth-order valence-corrected chi connectivity index (χ4v) is 1.55. The number of aldehydes is 1. The summed E-state index contributed by atoms with van der Waals surface area (Å²) >= 11 is 0. The molecule has 0 aliphatic rings. The molecule has 1 rings (SSSR count). The lowest BCUT2D eigenvalue weighted by Gasteiger charge is -2.08. The lowest BCUT2D eigenvalue weighted by molar-refractivity contribution is -0.142. The fraction of sp³-hybridized carbons (Fsp3) is 0.308. The molecule has 0 radical (unpaired) electrons. The SMILES string of the molecule is CCOC(=O)Cc1cc(C#N)c(C=O)c(OC)c1. The fourth-order valence-electron chi connectivity index (χ4n) is 1.55. The van der Waals surface area contributed by atoms with E-state index in [-0.39, 0.29) is 29.3 Å². The minimum absolute atomic E-state index is 0.0397. The number of benzene rings is 1. The number of esters is 1. The molecule has 0 unspecified atom stereocenters. The molecule has 0 fully saturated rings. The number of carbonyl (C=O) groups excluding carboxylic acids is 2. The van der Waals surface area contributed by atoms with E-state index in [9.17, 15) is 9.59 Å². The summed E-state index contributed by atoms with van der Waals surface area (Å²) < 4.78 is 9.84. The number of methoxy groups -OCH3 is 1. The highest BCUT2D eigenvalue weighted by molar-refractivity contribution is 5.84. The first-order valence-electron chi connectivity index (χ1n) is 5.38. The van der Waals surface area contributed by atoms with Crippen LogP contribution in [0, 0.1) is 11.3 Å². The average molecular weight is 247 g/mol. The van der Waals surface area contributed by atoms with Gasteiger partial charge < -0.3 is 9.47 Å². The standard InChI is InChI=1S/C13H13NO4/c1-3-18-13(16)6-9-4-10(7-14)11(8-15)12(5-9)17-2/h4-5,8H,3,6H2,1-2H3. The molecule has 94 valence electrons. The van der Waals surface area contributed by atoms with Gasteiger partial charge in [-0.1, -0.05) is 0 Å². The number of rotatable bonds is 5. The van der Waals surface area contributed by atoms with Crippen LogP contribution in [0.3, 0.4) is 0 Å². The predicted octanol–water partition coefficient (Wildman–Crippen LogP) is 1.48. The number of hydrogen-bond donors (Lipinski definition) is 0. The van der Waals surface area contributed by atoms with Crippen LogP contribution in [-0.2, 0) is 16.0 Å². The molecular formula is C13H13NO4. The summed E-state index contributed by atoms with van der Waals surface area (Å²) in [5, 5.41) is 8.95. The zero-order chi connectivity index (χ0) is 13.5. The van der Waals surface area contributed by atoms with Crippen molar-refractivity contribution >= 4 is 12.3 Å². The molecule has 0 N–H and O–H groups in total. The summed E-state index contributed by atoms with van der Waals surface area (Å²) in [6.45, 7) is 2.02. The number of carbonyl (C=O) groups is 2. The molecule has 0 aliphatic carbocycles. The Morgan fingerprint density at radius 2 is 2.22 bits per heavy atom. The maximum absolute atomic E-state index is 11.4. The van der Waals surface area contributed by atoms with E-state index in [1.165, 1.54) is 13.2 Å². The van der Waals surface area contributed by atoms with Gasteiger partial charge in [-0.25, -0.2) is 0 Å². The van der Waals surface area contributed by atoms with Gasteiger partial charge in [0.25, 0.3) is 0 Å². The van der Waals surface area contributed by atoms with E-state index in [2.05, 4.69) is 0 Å². The summed E-state index contributed by atoms with van der Waals surface area (Å²) in [5.41, 5.74) is 0.948. The number of hydrogen-bond acceptors (Lipinski definition) is 5. The Morgan fingerprint density at radius 3 is 2.72 bits per heavy atom. The Kier molecular flexibility index (Phi) is 4.88. The Labute approximate surface area is 105 Å². The Morgan fingerprint density at radius 1 is 1.50 bits per heavy atom. The molecule has 0 atom stereocenters. The second-order valence-corrected chi connectivity index (χ2v) is 3.47. The molecule has 5 nitrogen and oxygen atoms in total. The summed E-state index contributed by atoms with van der Waals surface area (Å²) in [4.78, 5) is 22.2. The van der Waals surface area contributed by atoms with Gasteiger partial charge in [-0.15, -0.1) is 0 Å². The maximum atomic E-state index is 11.4. The van der Waals surface area contributed by atoms with Gasteiger partial charge in [0, 0.05) is 0 Å². The second kappa shape index (κ2) is 6.40. The topological polar surface area (TPSA) is 76.4 Å². The average Bonchev–Trinajstić information content (AvgIpc) is 2.37. The van der Waals surface area contributed by atoms with Gasteiger partial charge in [-0.3, -0.25) is 9.59 Å². The lowest BCUT2D eigenvalue weighted by Crippen LogP contribution is -2.08. The van der Waals surface area contributed by atoms with Crippen molar-refractivity contribution in [3.8, 4) is 11.8 Å². The van der Waals surface area contributed by atoms with Gasteiger partial charge in [0.2, 0.25) is 0 Å². The largest absolute Gasteiger partial charge is 0.496 e. The van der Waals surface area contributed by atoms with E-state index in [0.29, 0.717) is 18.5 Å². The molecule has 18 heavy (non-hydrogen) atoms. The first kappa shape index (κ1) is 13.7. The van der Waals surface area contributed by atoms with Crippen molar-refractivity contribution in [1.82, 2.24) is 0 Å². The zero-order valence-corrected chi connectivity index (χ0v) is 10.2. The van der Waals surface area contributed by atoms with Crippen molar-refractivity contribution in [3.05, 3.63) is 28.8 Å². The molecule has 0 spiro atoms. The van der Waals surface area contributed by atoms with Crippen molar-refractivity contribution in [3.63, 3.8) is 0 Å². The quantitative estimate of drug-likeness (QED) is 0.582. The van der Waals surface area contributed by atoms with E-state index in [1.807, 2.05) is 6.07 Å². The first-order valence-corrected chi connectivity index (χ1v) is 5.38. The van der Waals surface area contributed by atoms with E-state index in [0.717, 1.165) is 0 Å². The van der Waals surface area contributed by atoms with Crippen LogP contribution in [0.1, 0.15) is 28.4 Å². The van der Waals surface area contributed by atoms with E-state index >= 15 is 0 Å². The van der Waals surface area contributed by atoms with Gasteiger partial charge in [0.15, 0.2) is 6.29 Å². The third-order valence-electron chi connectivity index (χ3n) is 2.31. The Balaban J connectivity index is 3.12. The number of ether oxygens (including phenoxy) is 2. The van der Waals surface area contributed by atoms with Crippen molar-refractivity contribution in [2.45, 2.75) is 13.3 Å². The Hall–Kier alpha value is -2.35. The minimum atomic E-state index is -0.387. The van der Waals surface area contributed by atoms with Crippen LogP contribution in [0.25, 0.3) is 0 Å². The number of nitriles is 1. The molecule has 0 saturated carbocycles. The lowest BCUT2D eigenvalue weighted by atomic mass is 10.0. The molecular weight excluding hydrogens is 234 g/mol. The molecule has 0 heterocycles. The molecule has 0 bridgehead atoms. The van der Waals surface area contributed by atoms with Crippen molar-refractivity contribution in [1.29, 1.82) is 5.26 Å². The molecule has 1 aromatic rings. The first-order chi connectivity index (χ1) is 8.65. The second-order valence-electron chi connectivity index (χ2n) is 3.47. The highest BCUT2D eigenvalue weighted by Gasteiger charge is 2.13. The van der Waals surface area contributed by atoms with Gasteiger partial charge in [0.05, 0.1) is 31.3 Å². The molecule has 5 heteroatoms. The summed E-state index contributed by atoms with van der Waals surface area (Å²) in [5.74, 6) is -0.106. The molecule has 0 saturated heterocycles. The van der Waals surface area contributed by atoms with Crippen molar-refractivity contribution in [2.75, 3.05) is 13.7 Å². The molecule has 1 aromatic carbocycles.